The van der Waals surface area contributed by atoms with Crippen molar-refractivity contribution in [3.05, 3.63) is 28.7 Å². The molecule has 0 spiro atoms. The first-order valence-electron chi connectivity index (χ1n) is 7.28. The van der Waals surface area contributed by atoms with Crippen LogP contribution in [-0.4, -0.2) is 29.0 Å². The predicted molar refractivity (Wildman–Crippen MR) is 92.5 cm³/mol. The molecule has 114 valence electrons. The highest BCUT2D eigenvalue weighted by Gasteiger charge is 2.26. The van der Waals surface area contributed by atoms with E-state index in [0.717, 1.165) is 29.5 Å². The largest absolute Gasteiger partial charge is 0.394 e. The van der Waals surface area contributed by atoms with Gasteiger partial charge in [-0.2, -0.15) is 0 Å². The second-order valence-electron chi connectivity index (χ2n) is 5.50. The molecule has 0 aliphatic carbocycles. The Kier molecular flexibility index (Phi) is 8.18. The minimum Gasteiger partial charge on any atom is -0.394 e. The van der Waals surface area contributed by atoms with Gasteiger partial charge in [0.15, 0.2) is 0 Å². The number of hydrogen-bond donors (Lipinski definition) is 2. The average Bonchev–Trinajstić information content (AvgIpc) is 2.42. The minimum absolute atomic E-state index is 0.119. The maximum atomic E-state index is 9.70. The maximum Gasteiger partial charge on any atom is 0.0613 e. The molecular weight excluding hydrogens is 334 g/mol. The van der Waals surface area contributed by atoms with Crippen LogP contribution < -0.4 is 5.32 Å². The van der Waals surface area contributed by atoms with Gasteiger partial charge in [0.05, 0.1) is 6.61 Å². The number of aliphatic hydroxyl groups excluding tert-OH is 1. The van der Waals surface area contributed by atoms with Crippen LogP contribution in [0.2, 0.25) is 0 Å². The van der Waals surface area contributed by atoms with E-state index in [0.29, 0.717) is 6.04 Å². The molecule has 0 aromatic heterocycles. The van der Waals surface area contributed by atoms with E-state index in [9.17, 15) is 5.11 Å². The summed E-state index contributed by atoms with van der Waals surface area (Å²) in [6.45, 7) is 6.63. The molecule has 0 radical (unpaired) electrons. The van der Waals surface area contributed by atoms with E-state index in [2.05, 4.69) is 60.2 Å². The Bertz CT molecular complexity index is 394. The molecule has 1 aromatic carbocycles. The number of halogens is 1. The van der Waals surface area contributed by atoms with Crippen LogP contribution in [0.4, 0.5) is 0 Å². The van der Waals surface area contributed by atoms with Gasteiger partial charge in [0.2, 0.25) is 0 Å². The molecule has 20 heavy (non-hydrogen) atoms. The quantitative estimate of drug-likeness (QED) is 0.504. The van der Waals surface area contributed by atoms with Crippen molar-refractivity contribution in [2.24, 2.45) is 0 Å². The van der Waals surface area contributed by atoms with Crippen molar-refractivity contribution in [1.29, 1.82) is 0 Å². The number of hydrogen-bond acceptors (Lipinski definition) is 3. The minimum atomic E-state index is -0.119. The number of benzene rings is 1. The van der Waals surface area contributed by atoms with Crippen molar-refractivity contribution in [1.82, 2.24) is 5.32 Å². The van der Waals surface area contributed by atoms with Crippen molar-refractivity contribution < 1.29 is 5.11 Å². The van der Waals surface area contributed by atoms with Gasteiger partial charge in [0.25, 0.3) is 0 Å². The molecule has 0 aliphatic heterocycles. The van der Waals surface area contributed by atoms with Crippen LogP contribution in [0.3, 0.4) is 0 Å². The summed E-state index contributed by atoms with van der Waals surface area (Å²) in [5, 5.41) is 13.2. The van der Waals surface area contributed by atoms with Gasteiger partial charge in [0.1, 0.15) is 0 Å². The Balaban J connectivity index is 2.41. The van der Waals surface area contributed by atoms with Crippen molar-refractivity contribution >= 4 is 27.7 Å². The van der Waals surface area contributed by atoms with Gasteiger partial charge in [-0.25, -0.2) is 0 Å². The van der Waals surface area contributed by atoms with Gasteiger partial charge < -0.3 is 10.4 Å². The fourth-order valence-electron chi connectivity index (χ4n) is 2.36. The smallest absolute Gasteiger partial charge is 0.0613 e. The van der Waals surface area contributed by atoms with E-state index in [-0.39, 0.29) is 12.1 Å². The Labute approximate surface area is 135 Å². The normalized spacial score (nSPS) is 14.5. The van der Waals surface area contributed by atoms with Crippen molar-refractivity contribution in [3.63, 3.8) is 0 Å². The zero-order valence-electron chi connectivity index (χ0n) is 12.7. The Morgan fingerprint density at radius 3 is 2.70 bits per heavy atom. The third-order valence-electron chi connectivity index (χ3n) is 3.44. The van der Waals surface area contributed by atoms with Crippen molar-refractivity contribution in [2.75, 3.05) is 12.4 Å². The highest BCUT2D eigenvalue weighted by molar-refractivity contribution is 9.10. The summed E-state index contributed by atoms with van der Waals surface area (Å²) < 4.78 is 1.13. The molecular formula is C16H26BrNOS. The Morgan fingerprint density at radius 1 is 1.40 bits per heavy atom. The third kappa shape index (κ3) is 6.17. The lowest BCUT2D eigenvalue weighted by Crippen LogP contribution is -2.51. The summed E-state index contributed by atoms with van der Waals surface area (Å²) in [6, 6.07) is 8.80. The molecule has 1 aromatic rings. The SMILES string of the molecule is CCC(CO)(CCCSc1cccc(Br)c1)NC(C)C. The van der Waals surface area contributed by atoms with Gasteiger partial charge in [-0.3, -0.25) is 0 Å². The van der Waals surface area contributed by atoms with Gasteiger partial charge in [-0.05, 0) is 43.2 Å². The van der Waals surface area contributed by atoms with Crippen LogP contribution in [0.5, 0.6) is 0 Å². The van der Waals surface area contributed by atoms with Crippen LogP contribution >= 0.6 is 27.7 Å². The van der Waals surface area contributed by atoms with Gasteiger partial charge >= 0.3 is 0 Å². The van der Waals surface area contributed by atoms with E-state index in [4.69, 9.17) is 0 Å². The predicted octanol–water partition coefficient (Wildman–Crippen LogP) is 4.46. The lowest BCUT2D eigenvalue weighted by Gasteiger charge is -2.34. The van der Waals surface area contributed by atoms with Crippen LogP contribution in [0.1, 0.15) is 40.0 Å². The van der Waals surface area contributed by atoms with E-state index in [1.165, 1.54) is 4.90 Å². The highest BCUT2D eigenvalue weighted by Crippen LogP contribution is 2.25. The molecule has 0 fully saturated rings. The monoisotopic (exact) mass is 359 g/mol. The second kappa shape index (κ2) is 9.08. The molecule has 0 saturated heterocycles. The van der Waals surface area contributed by atoms with Gasteiger partial charge in [-0.15, -0.1) is 11.8 Å². The van der Waals surface area contributed by atoms with E-state index in [1.54, 1.807) is 0 Å². The van der Waals surface area contributed by atoms with E-state index < -0.39 is 0 Å². The van der Waals surface area contributed by atoms with Gasteiger partial charge in [0, 0.05) is 20.9 Å². The van der Waals surface area contributed by atoms with Gasteiger partial charge in [-0.1, -0.05) is 42.8 Å². The Hall–Kier alpha value is -0.0300. The molecule has 0 aliphatic rings. The zero-order valence-corrected chi connectivity index (χ0v) is 15.1. The molecule has 0 amide bonds. The lowest BCUT2D eigenvalue weighted by molar-refractivity contribution is 0.137. The summed E-state index contributed by atoms with van der Waals surface area (Å²) in [5.74, 6) is 1.08. The number of aliphatic hydroxyl groups is 1. The number of thioether (sulfide) groups is 1. The molecule has 2 nitrogen and oxygen atoms in total. The van der Waals surface area contributed by atoms with Crippen LogP contribution in [0.15, 0.2) is 33.6 Å². The molecule has 1 rings (SSSR count). The fourth-order valence-corrected chi connectivity index (χ4v) is 3.82. The molecule has 4 heteroatoms. The summed E-state index contributed by atoms with van der Waals surface area (Å²) in [6.07, 6.45) is 3.08. The summed E-state index contributed by atoms with van der Waals surface area (Å²) in [7, 11) is 0. The molecule has 0 bridgehead atoms. The molecule has 1 atom stereocenters. The van der Waals surface area contributed by atoms with Crippen molar-refractivity contribution in [3.8, 4) is 0 Å². The van der Waals surface area contributed by atoms with Crippen molar-refractivity contribution in [2.45, 2.75) is 56.5 Å². The topological polar surface area (TPSA) is 32.3 Å². The van der Waals surface area contributed by atoms with Crippen LogP contribution in [0.25, 0.3) is 0 Å². The highest BCUT2D eigenvalue weighted by atomic mass is 79.9. The molecule has 0 heterocycles. The van der Waals surface area contributed by atoms with E-state index >= 15 is 0 Å². The average molecular weight is 360 g/mol. The van der Waals surface area contributed by atoms with Crippen LogP contribution in [0, 0.1) is 0 Å². The Morgan fingerprint density at radius 2 is 2.15 bits per heavy atom. The first-order chi connectivity index (χ1) is 9.51. The molecule has 2 N–H and O–H groups in total. The fraction of sp³-hybridized carbons (Fsp3) is 0.625. The zero-order chi connectivity index (χ0) is 15.0. The summed E-state index contributed by atoms with van der Waals surface area (Å²) >= 11 is 5.37. The summed E-state index contributed by atoms with van der Waals surface area (Å²) in [5.41, 5.74) is -0.119. The number of nitrogens with one attached hydrogen (secondary N) is 1. The standard InChI is InChI=1S/C16H26BrNOS/c1-4-16(12-19,18-13(2)3)9-6-10-20-15-8-5-7-14(17)11-15/h5,7-8,11,13,18-19H,4,6,9-10,12H2,1-3H3. The van der Waals surface area contributed by atoms with Crippen LogP contribution in [-0.2, 0) is 0 Å². The summed E-state index contributed by atoms with van der Waals surface area (Å²) in [4.78, 5) is 1.29. The maximum absolute atomic E-state index is 9.70. The lowest BCUT2D eigenvalue weighted by atomic mass is 9.91. The third-order valence-corrected chi connectivity index (χ3v) is 5.01. The first kappa shape index (κ1) is 18.0. The first-order valence-corrected chi connectivity index (χ1v) is 9.06. The molecule has 1 unspecified atom stereocenters. The molecule has 0 saturated carbocycles. The van der Waals surface area contributed by atoms with E-state index in [1.807, 2.05) is 17.8 Å². The number of rotatable bonds is 9. The second-order valence-corrected chi connectivity index (χ2v) is 7.58.